The van der Waals surface area contributed by atoms with Crippen LogP contribution >= 0.6 is 11.3 Å². The second-order valence-corrected chi connectivity index (χ2v) is 6.24. The Morgan fingerprint density at radius 2 is 2.13 bits per heavy atom. The SMILES string of the molecule is CCCC(N)c1csc(CC(C)(C)C)n1. The van der Waals surface area contributed by atoms with Gasteiger partial charge in [-0.3, -0.25) is 0 Å². The molecule has 0 saturated heterocycles. The third kappa shape index (κ3) is 4.31. The highest BCUT2D eigenvalue weighted by molar-refractivity contribution is 7.09. The van der Waals surface area contributed by atoms with E-state index in [1.165, 1.54) is 5.01 Å². The molecular weight excluding hydrogens is 204 g/mol. The van der Waals surface area contributed by atoms with Crippen molar-refractivity contribution in [1.29, 1.82) is 0 Å². The van der Waals surface area contributed by atoms with Crippen molar-refractivity contribution in [3.05, 3.63) is 16.1 Å². The molecule has 1 atom stereocenters. The number of nitrogens with zero attached hydrogens (tertiary/aromatic N) is 1. The van der Waals surface area contributed by atoms with Gasteiger partial charge >= 0.3 is 0 Å². The fourth-order valence-electron chi connectivity index (χ4n) is 1.49. The number of hydrogen-bond acceptors (Lipinski definition) is 3. The van der Waals surface area contributed by atoms with E-state index in [4.69, 9.17) is 5.73 Å². The van der Waals surface area contributed by atoms with Crippen molar-refractivity contribution in [3.8, 4) is 0 Å². The van der Waals surface area contributed by atoms with Crippen LogP contribution in [0.1, 0.15) is 57.3 Å². The zero-order chi connectivity index (χ0) is 11.5. The monoisotopic (exact) mass is 226 g/mol. The molecule has 0 spiro atoms. The summed E-state index contributed by atoms with van der Waals surface area (Å²) in [6, 6.07) is 0.125. The summed E-state index contributed by atoms with van der Waals surface area (Å²) in [4.78, 5) is 4.61. The molecule has 1 heterocycles. The maximum Gasteiger partial charge on any atom is 0.0934 e. The van der Waals surface area contributed by atoms with Crippen molar-refractivity contribution in [3.63, 3.8) is 0 Å². The Bertz CT molecular complexity index is 299. The Kier molecular flexibility index (Phi) is 4.29. The molecule has 0 fully saturated rings. The molecule has 2 nitrogen and oxygen atoms in total. The van der Waals surface area contributed by atoms with Crippen molar-refractivity contribution in [1.82, 2.24) is 4.98 Å². The molecule has 0 radical (unpaired) electrons. The van der Waals surface area contributed by atoms with E-state index in [-0.39, 0.29) is 6.04 Å². The second-order valence-electron chi connectivity index (χ2n) is 5.30. The first kappa shape index (κ1) is 12.7. The van der Waals surface area contributed by atoms with Crippen LogP contribution in [0.5, 0.6) is 0 Å². The Hall–Kier alpha value is -0.410. The summed E-state index contributed by atoms with van der Waals surface area (Å²) in [7, 11) is 0. The first-order valence-electron chi connectivity index (χ1n) is 5.62. The molecule has 0 saturated carbocycles. The van der Waals surface area contributed by atoms with Crippen molar-refractivity contribution < 1.29 is 0 Å². The van der Waals surface area contributed by atoms with Crippen LogP contribution < -0.4 is 5.73 Å². The van der Waals surface area contributed by atoms with Crippen molar-refractivity contribution in [2.24, 2.45) is 11.1 Å². The van der Waals surface area contributed by atoms with E-state index in [0.29, 0.717) is 5.41 Å². The molecule has 86 valence electrons. The minimum atomic E-state index is 0.125. The zero-order valence-corrected chi connectivity index (χ0v) is 11.0. The molecule has 1 unspecified atom stereocenters. The smallest absolute Gasteiger partial charge is 0.0934 e. The van der Waals surface area contributed by atoms with Gasteiger partial charge in [-0.2, -0.15) is 0 Å². The molecule has 1 aromatic rings. The van der Waals surface area contributed by atoms with E-state index in [1.807, 2.05) is 0 Å². The largest absolute Gasteiger partial charge is 0.323 e. The molecule has 0 aromatic carbocycles. The van der Waals surface area contributed by atoms with Crippen LogP contribution in [0.3, 0.4) is 0 Å². The third-order valence-corrected chi connectivity index (χ3v) is 3.10. The van der Waals surface area contributed by atoms with Crippen LogP contribution in [0.15, 0.2) is 5.38 Å². The number of hydrogen-bond donors (Lipinski definition) is 1. The summed E-state index contributed by atoms with van der Waals surface area (Å²) >= 11 is 1.74. The Morgan fingerprint density at radius 3 is 2.67 bits per heavy atom. The summed E-state index contributed by atoms with van der Waals surface area (Å²) in [6.45, 7) is 8.86. The fraction of sp³-hybridized carbons (Fsp3) is 0.750. The quantitative estimate of drug-likeness (QED) is 0.853. The van der Waals surface area contributed by atoms with Gasteiger partial charge in [0.1, 0.15) is 0 Å². The second kappa shape index (κ2) is 5.08. The van der Waals surface area contributed by atoms with Gasteiger partial charge in [0.2, 0.25) is 0 Å². The minimum absolute atomic E-state index is 0.125. The van der Waals surface area contributed by atoms with Crippen molar-refractivity contribution in [2.75, 3.05) is 0 Å². The third-order valence-electron chi connectivity index (χ3n) is 2.23. The van der Waals surface area contributed by atoms with E-state index < -0.39 is 0 Å². The van der Waals surface area contributed by atoms with E-state index in [0.717, 1.165) is 25.0 Å². The van der Waals surface area contributed by atoms with Crippen LogP contribution in [0.25, 0.3) is 0 Å². The molecule has 0 amide bonds. The standard InChI is InChI=1S/C12H22N2S/c1-5-6-9(13)10-8-15-11(14-10)7-12(2,3)4/h8-9H,5-7,13H2,1-4H3. The average Bonchev–Trinajstić information content (AvgIpc) is 2.50. The molecule has 0 aliphatic heterocycles. The number of thiazole rings is 1. The highest BCUT2D eigenvalue weighted by Gasteiger charge is 2.15. The maximum atomic E-state index is 6.03. The number of aromatic nitrogens is 1. The predicted octanol–water partition coefficient (Wildman–Crippen LogP) is 3.53. The predicted molar refractivity (Wildman–Crippen MR) is 67.1 cm³/mol. The lowest BCUT2D eigenvalue weighted by atomic mass is 9.93. The molecule has 2 N–H and O–H groups in total. The van der Waals surface area contributed by atoms with E-state index >= 15 is 0 Å². The lowest BCUT2D eigenvalue weighted by Crippen LogP contribution is -2.12. The van der Waals surface area contributed by atoms with Crippen LogP contribution in [0.2, 0.25) is 0 Å². The fourth-order valence-corrected chi connectivity index (χ4v) is 2.65. The number of nitrogens with two attached hydrogens (primary N) is 1. The van der Waals surface area contributed by atoms with E-state index in [2.05, 4.69) is 38.1 Å². The summed E-state index contributed by atoms with van der Waals surface area (Å²) < 4.78 is 0. The number of rotatable bonds is 4. The molecule has 1 rings (SSSR count). The van der Waals surface area contributed by atoms with Gasteiger partial charge in [0.05, 0.1) is 10.7 Å². The highest BCUT2D eigenvalue weighted by atomic mass is 32.1. The normalized spacial score (nSPS) is 14.2. The van der Waals surface area contributed by atoms with E-state index in [1.54, 1.807) is 11.3 Å². The van der Waals surface area contributed by atoms with E-state index in [9.17, 15) is 0 Å². The molecule has 0 bridgehead atoms. The highest BCUT2D eigenvalue weighted by Crippen LogP contribution is 2.25. The average molecular weight is 226 g/mol. The first-order chi connectivity index (χ1) is 6.92. The lowest BCUT2D eigenvalue weighted by molar-refractivity contribution is 0.409. The van der Waals surface area contributed by atoms with Gasteiger partial charge in [-0.25, -0.2) is 4.98 Å². The molecule has 0 aliphatic rings. The van der Waals surface area contributed by atoms with Crippen LogP contribution in [-0.4, -0.2) is 4.98 Å². The van der Waals surface area contributed by atoms with Gasteiger partial charge in [-0.05, 0) is 11.8 Å². The van der Waals surface area contributed by atoms with Gasteiger partial charge in [0, 0.05) is 17.8 Å². The lowest BCUT2D eigenvalue weighted by Gasteiger charge is -2.15. The topological polar surface area (TPSA) is 38.9 Å². The molecule has 1 aromatic heterocycles. The Morgan fingerprint density at radius 1 is 1.47 bits per heavy atom. The first-order valence-corrected chi connectivity index (χ1v) is 6.50. The Balaban J connectivity index is 2.64. The minimum Gasteiger partial charge on any atom is -0.323 e. The maximum absolute atomic E-state index is 6.03. The van der Waals surface area contributed by atoms with Crippen LogP contribution in [0, 0.1) is 5.41 Å². The van der Waals surface area contributed by atoms with Gasteiger partial charge in [0.25, 0.3) is 0 Å². The van der Waals surface area contributed by atoms with Crippen LogP contribution in [0.4, 0.5) is 0 Å². The van der Waals surface area contributed by atoms with Gasteiger partial charge in [0.15, 0.2) is 0 Å². The summed E-state index contributed by atoms with van der Waals surface area (Å²) in [5.41, 5.74) is 7.41. The Labute approximate surface area is 96.9 Å². The molecular formula is C12H22N2S. The molecule has 0 aliphatic carbocycles. The van der Waals surface area contributed by atoms with Crippen LogP contribution in [-0.2, 0) is 6.42 Å². The van der Waals surface area contributed by atoms with Gasteiger partial charge < -0.3 is 5.73 Å². The van der Waals surface area contributed by atoms with Crippen molar-refractivity contribution in [2.45, 2.75) is 53.0 Å². The summed E-state index contributed by atoms with van der Waals surface area (Å²) in [6.07, 6.45) is 3.18. The molecule has 3 heteroatoms. The zero-order valence-electron chi connectivity index (χ0n) is 10.2. The summed E-state index contributed by atoms with van der Waals surface area (Å²) in [5.74, 6) is 0. The van der Waals surface area contributed by atoms with Gasteiger partial charge in [-0.1, -0.05) is 34.1 Å². The van der Waals surface area contributed by atoms with Gasteiger partial charge in [-0.15, -0.1) is 11.3 Å². The summed E-state index contributed by atoms with van der Waals surface area (Å²) in [5, 5.41) is 3.32. The molecule has 15 heavy (non-hydrogen) atoms. The van der Waals surface area contributed by atoms with Crippen molar-refractivity contribution >= 4 is 11.3 Å².